The largest absolute Gasteiger partial charge is 0.478 e. The van der Waals surface area contributed by atoms with E-state index in [4.69, 9.17) is 15.3 Å². The van der Waals surface area contributed by atoms with Crippen molar-refractivity contribution in [1.29, 1.82) is 0 Å². The molecular formula is C7H7NO5. The van der Waals surface area contributed by atoms with E-state index in [2.05, 4.69) is 5.32 Å². The normalized spacial score (nSPS) is 21.2. The molecule has 6 nitrogen and oxygen atoms in total. The number of carboxylic acid groups (broad SMARTS) is 2. The van der Waals surface area contributed by atoms with Crippen LogP contribution in [-0.2, 0) is 9.59 Å². The summed E-state index contributed by atoms with van der Waals surface area (Å²) in [6.45, 7) is 0. The zero-order valence-corrected chi connectivity index (χ0v) is 6.39. The Morgan fingerprint density at radius 2 is 1.92 bits per heavy atom. The van der Waals surface area contributed by atoms with E-state index in [0.29, 0.717) is 0 Å². The smallest absolute Gasteiger partial charge is 0.352 e. The molecule has 70 valence electrons. The number of rotatable bonds is 2. The van der Waals surface area contributed by atoms with Crippen molar-refractivity contribution in [1.82, 2.24) is 5.32 Å². The Kier molecular flexibility index (Phi) is 2.34. The van der Waals surface area contributed by atoms with E-state index in [1.54, 1.807) is 0 Å². The topological polar surface area (TPSA) is 107 Å². The highest BCUT2D eigenvalue weighted by Crippen LogP contribution is 2.13. The van der Waals surface area contributed by atoms with Crippen molar-refractivity contribution >= 4 is 11.9 Å². The van der Waals surface area contributed by atoms with Crippen LogP contribution in [0.1, 0.15) is 0 Å². The van der Waals surface area contributed by atoms with Crippen LogP contribution in [0.15, 0.2) is 23.5 Å². The Bertz CT molecular complexity index is 317. The summed E-state index contributed by atoms with van der Waals surface area (Å²) in [5, 5.41) is 28.5. The molecule has 0 radical (unpaired) electrons. The van der Waals surface area contributed by atoms with Gasteiger partial charge in [-0.25, -0.2) is 9.59 Å². The summed E-state index contributed by atoms with van der Waals surface area (Å²) in [6, 6.07) is 0. The lowest BCUT2D eigenvalue weighted by Crippen LogP contribution is -2.30. The van der Waals surface area contributed by atoms with Gasteiger partial charge in [0.15, 0.2) is 0 Å². The minimum atomic E-state index is -1.46. The van der Waals surface area contributed by atoms with Crippen molar-refractivity contribution in [3.63, 3.8) is 0 Å². The van der Waals surface area contributed by atoms with Gasteiger partial charge in [-0.3, -0.25) is 0 Å². The molecule has 4 N–H and O–H groups in total. The Morgan fingerprint density at radius 3 is 2.31 bits per heavy atom. The number of aliphatic hydroxyl groups is 1. The first-order valence-electron chi connectivity index (χ1n) is 3.36. The monoisotopic (exact) mass is 185 g/mol. The first-order chi connectivity index (χ1) is 6.04. The fraction of sp³-hybridized carbons (Fsp3) is 0.143. The molecule has 1 aliphatic heterocycles. The maximum atomic E-state index is 10.5. The van der Waals surface area contributed by atoms with E-state index in [9.17, 15) is 9.59 Å². The molecule has 0 bridgehead atoms. The maximum absolute atomic E-state index is 10.5. The molecule has 0 saturated carbocycles. The van der Waals surface area contributed by atoms with Gasteiger partial charge in [0.1, 0.15) is 17.4 Å². The number of carboxylic acids is 2. The molecule has 6 heteroatoms. The van der Waals surface area contributed by atoms with Gasteiger partial charge in [0.2, 0.25) is 0 Å². The van der Waals surface area contributed by atoms with Gasteiger partial charge in [0.05, 0.1) is 0 Å². The highest BCUT2D eigenvalue weighted by atomic mass is 16.4. The zero-order valence-electron chi connectivity index (χ0n) is 6.39. The summed E-state index contributed by atoms with van der Waals surface area (Å²) < 4.78 is 0. The van der Waals surface area contributed by atoms with E-state index in [-0.39, 0.29) is 0 Å². The summed E-state index contributed by atoms with van der Waals surface area (Å²) in [4.78, 5) is 21.0. The van der Waals surface area contributed by atoms with Crippen molar-refractivity contribution in [3.05, 3.63) is 23.5 Å². The number of dihydropyridines is 1. The van der Waals surface area contributed by atoms with Gasteiger partial charge >= 0.3 is 11.9 Å². The van der Waals surface area contributed by atoms with Gasteiger partial charge in [0, 0.05) is 6.20 Å². The number of aliphatic hydroxyl groups excluding tert-OH is 1. The molecular weight excluding hydrogens is 178 g/mol. The lowest BCUT2D eigenvalue weighted by atomic mass is 10.1. The van der Waals surface area contributed by atoms with Crippen molar-refractivity contribution in [3.8, 4) is 0 Å². The molecule has 1 heterocycles. The molecule has 1 aliphatic rings. The highest BCUT2D eigenvalue weighted by Gasteiger charge is 2.27. The summed E-state index contributed by atoms with van der Waals surface area (Å²) in [7, 11) is 0. The van der Waals surface area contributed by atoms with Crippen LogP contribution in [0.5, 0.6) is 0 Å². The summed E-state index contributed by atoms with van der Waals surface area (Å²) >= 11 is 0. The third-order valence-corrected chi connectivity index (χ3v) is 1.52. The third-order valence-electron chi connectivity index (χ3n) is 1.52. The van der Waals surface area contributed by atoms with Gasteiger partial charge in [0.25, 0.3) is 0 Å². The molecule has 0 aromatic rings. The molecule has 1 atom stereocenters. The fourth-order valence-electron chi connectivity index (χ4n) is 0.955. The van der Waals surface area contributed by atoms with Crippen LogP contribution < -0.4 is 5.32 Å². The highest BCUT2D eigenvalue weighted by molar-refractivity contribution is 5.99. The third kappa shape index (κ3) is 1.67. The van der Waals surface area contributed by atoms with E-state index in [1.807, 2.05) is 0 Å². The number of carbonyl (C=O) groups is 2. The number of hydrogen-bond acceptors (Lipinski definition) is 4. The van der Waals surface area contributed by atoms with Crippen molar-refractivity contribution in [2.45, 2.75) is 6.10 Å². The molecule has 0 aliphatic carbocycles. The van der Waals surface area contributed by atoms with E-state index in [1.165, 1.54) is 6.20 Å². The van der Waals surface area contributed by atoms with E-state index in [0.717, 1.165) is 6.08 Å². The van der Waals surface area contributed by atoms with Gasteiger partial charge in [-0.2, -0.15) is 0 Å². The lowest BCUT2D eigenvalue weighted by Gasteiger charge is -2.15. The maximum Gasteiger partial charge on any atom is 0.352 e. The zero-order chi connectivity index (χ0) is 10.0. The van der Waals surface area contributed by atoms with Crippen LogP contribution in [0.4, 0.5) is 0 Å². The van der Waals surface area contributed by atoms with Gasteiger partial charge in [-0.15, -0.1) is 0 Å². The van der Waals surface area contributed by atoms with Gasteiger partial charge in [-0.05, 0) is 6.08 Å². The second-order valence-electron chi connectivity index (χ2n) is 2.35. The van der Waals surface area contributed by atoms with Crippen LogP contribution in [0.25, 0.3) is 0 Å². The number of aliphatic carboxylic acids is 2. The lowest BCUT2D eigenvalue weighted by molar-refractivity contribution is -0.137. The van der Waals surface area contributed by atoms with Gasteiger partial charge in [-0.1, -0.05) is 0 Å². The standard InChI is InChI=1S/C7H7NO5/c9-3-1-2-8-5(7(12)13)4(3)6(10)11/h1-3,8-9H,(H,10,11)(H,12,13). The Labute approximate surface area is 72.8 Å². The molecule has 0 saturated heterocycles. The summed E-state index contributed by atoms with van der Waals surface area (Å²) in [6.07, 6.45) is 0.945. The van der Waals surface area contributed by atoms with Crippen molar-refractivity contribution < 1.29 is 24.9 Å². The minimum Gasteiger partial charge on any atom is -0.478 e. The predicted molar refractivity (Wildman–Crippen MR) is 40.6 cm³/mol. The predicted octanol–water partition coefficient (Wildman–Crippen LogP) is -1.11. The Balaban J connectivity index is 3.14. The molecule has 0 fully saturated rings. The molecule has 0 aromatic heterocycles. The van der Waals surface area contributed by atoms with Crippen LogP contribution >= 0.6 is 0 Å². The molecule has 13 heavy (non-hydrogen) atoms. The average Bonchev–Trinajstić information content (AvgIpc) is 2.02. The first kappa shape index (κ1) is 9.27. The second kappa shape index (κ2) is 3.28. The Hall–Kier alpha value is -1.82. The summed E-state index contributed by atoms with van der Waals surface area (Å²) in [5.74, 6) is -2.87. The molecule has 1 rings (SSSR count). The quantitative estimate of drug-likeness (QED) is 0.434. The molecule has 0 spiro atoms. The molecule has 1 unspecified atom stereocenters. The summed E-state index contributed by atoms with van der Waals surface area (Å²) in [5.41, 5.74) is -1.07. The van der Waals surface area contributed by atoms with Crippen LogP contribution in [-0.4, -0.2) is 33.4 Å². The van der Waals surface area contributed by atoms with Crippen molar-refractivity contribution in [2.75, 3.05) is 0 Å². The SMILES string of the molecule is O=C(O)C1=C(C(=O)O)C(O)C=CN1. The van der Waals surface area contributed by atoms with Gasteiger partial charge < -0.3 is 20.6 Å². The number of hydrogen-bond donors (Lipinski definition) is 4. The van der Waals surface area contributed by atoms with E-state index < -0.39 is 29.3 Å². The van der Waals surface area contributed by atoms with E-state index >= 15 is 0 Å². The van der Waals surface area contributed by atoms with Crippen LogP contribution in [0.2, 0.25) is 0 Å². The fourth-order valence-corrected chi connectivity index (χ4v) is 0.955. The second-order valence-corrected chi connectivity index (χ2v) is 2.35. The first-order valence-corrected chi connectivity index (χ1v) is 3.36. The minimum absolute atomic E-state index is 0.512. The van der Waals surface area contributed by atoms with Crippen LogP contribution in [0, 0.1) is 0 Å². The number of nitrogens with one attached hydrogen (secondary N) is 1. The average molecular weight is 185 g/mol. The molecule has 0 aromatic carbocycles. The van der Waals surface area contributed by atoms with Crippen LogP contribution in [0.3, 0.4) is 0 Å². The van der Waals surface area contributed by atoms with Crippen molar-refractivity contribution in [2.24, 2.45) is 0 Å². The Morgan fingerprint density at radius 1 is 1.31 bits per heavy atom. The molecule has 0 amide bonds.